The topological polar surface area (TPSA) is 94.9 Å². The summed E-state index contributed by atoms with van der Waals surface area (Å²) in [4.78, 5) is 25.1. The molecule has 4 rings (SSSR count). The van der Waals surface area contributed by atoms with E-state index in [1.807, 2.05) is 44.2 Å². The lowest BCUT2D eigenvalue weighted by Gasteiger charge is -2.21. The van der Waals surface area contributed by atoms with E-state index in [0.29, 0.717) is 30.1 Å². The number of nitrogens with zero attached hydrogens (tertiary/aromatic N) is 1. The van der Waals surface area contributed by atoms with Crippen LogP contribution in [0, 0.1) is 28.6 Å². The predicted octanol–water partition coefficient (Wildman–Crippen LogP) is 5.48. The number of allylic oxidation sites excluding steroid dienone is 1. The van der Waals surface area contributed by atoms with Gasteiger partial charge in [0, 0.05) is 18.1 Å². The van der Waals surface area contributed by atoms with E-state index in [2.05, 4.69) is 6.07 Å². The lowest BCUT2D eigenvalue weighted by atomic mass is 10.1. The fourth-order valence-electron chi connectivity index (χ4n) is 4.37. The summed E-state index contributed by atoms with van der Waals surface area (Å²) in [6, 6.07) is 18.3. The second kappa shape index (κ2) is 10.7. The van der Waals surface area contributed by atoms with E-state index in [9.17, 15) is 14.9 Å². The number of carbonyl (C=O) groups is 2. The Labute approximate surface area is 205 Å². The Morgan fingerprint density at radius 1 is 1.11 bits per heavy atom. The van der Waals surface area contributed by atoms with E-state index >= 15 is 0 Å². The van der Waals surface area contributed by atoms with Gasteiger partial charge in [-0.3, -0.25) is 4.79 Å². The van der Waals surface area contributed by atoms with Crippen LogP contribution in [0.5, 0.6) is 11.5 Å². The summed E-state index contributed by atoms with van der Waals surface area (Å²) in [6.07, 6.45) is 4.08. The van der Waals surface area contributed by atoms with E-state index in [0.717, 1.165) is 12.8 Å². The van der Waals surface area contributed by atoms with Gasteiger partial charge in [0.2, 0.25) is 12.4 Å². The van der Waals surface area contributed by atoms with Crippen molar-refractivity contribution in [3.8, 4) is 17.6 Å². The van der Waals surface area contributed by atoms with Crippen LogP contribution >= 0.6 is 0 Å². The van der Waals surface area contributed by atoms with Crippen LogP contribution in [0.25, 0.3) is 0 Å². The average Bonchev–Trinajstić information content (AvgIpc) is 3.42. The molecule has 0 N–H and O–H groups in total. The van der Waals surface area contributed by atoms with Gasteiger partial charge in [-0.15, -0.1) is 0 Å². The minimum atomic E-state index is -1.07. The number of esters is 2. The highest BCUT2D eigenvalue weighted by Gasteiger charge is 2.61. The molecule has 0 amide bonds. The average molecular weight is 476 g/mol. The Kier molecular flexibility index (Phi) is 7.52. The lowest BCUT2D eigenvalue weighted by Crippen LogP contribution is -2.24. The van der Waals surface area contributed by atoms with Gasteiger partial charge in [0.25, 0.3) is 0 Å². The van der Waals surface area contributed by atoms with Gasteiger partial charge < -0.3 is 18.9 Å². The number of para-hydroxylation sites is 1. The summed E-state index contributed by atoms with van der Waals surface area (Å²) < 4.78 is 22.1. The summed E-state index contributed by atoms with van der Waals surface area (Å²) in [6.45, 7) is 4.45. The molecule has 2 fully saturated rings. The van der Waals surface area contributed by atoms with Crippen LogP contribution in [0.4, 0.5) is 0 Å². The number of benzene rings is 2. The van der Waals surface area contributed by atoms with Crippen molar-refractivity contribution in [3.63, 3.8) is 0 Å². The van der Waals surface area contributed by atoms with E-state index in [1.165, 1.54) is 6.08 Å². The quantitative estimate of drug-likeness (QED) is 0.368. The van der Waals surface area contributed by atoms with Gasteiger partial charge in [0.15, 0.2) is 0 Å². The van der Waals surface area contributed by atoms with Crippen molar-refractivity contribution in [2.24, 2.45) is 17.3 Å². The number of ether oxygens (including phenoxy) is 4. The highest BCUT2D eigenvalue weighted by atomic mass is 16.7. The van der Waals surface area contributed by atoms with Crippen molar-refractivity contribution in [1.82, 2.24) is 0 Å². The maximum absolute atomic E-state index is 12.9. The molecule has 0 bridgehead atoms. The van der Waals surface area contributed by atoms with Gasteiger partial charge in [0.1, 0.15) is 17.6 Å². The molecule has 35 heavy (non-hydrogen) atoms. The number of nitriles is 1. The third kappa shape index (κ3) is 6.09. The number of carbonyl (C=O) groups excluding carboxylic acids is 2. The zero-order valence-electron chi connectivity index (χ0n) is 19.9. The first-order valence-corrected chi connectivity index (χ1v) is 11.8. The van der Waals surface area contributed by atoms with Gasteiger partial charge >= 0.3 is 11.9 Å². The zero-order chi connectivity index (χ0) is 24.8. The van der Waals surface area contributed by atoms with Crippen LogP contribution in [0.1, 0.15) is 44.8 Å². The van der Waals surface area contributed by atoms with Gasteiger partial charge in [-0.05, 0) is 48.4 Å². The Hall–Kier alpha value is -3.63. The third-order valence-corrected chi connectivity index (χ3v) is 6.48. The van der Waals surface area contributed by atoms with Crippen LogP contribution in [0.2, 0.25) is 0 Å². The second-order valence-electron chi connectivity index (χ2n) is 9.35. The second-order valence-corrected chi connectivity index (χ2v) is 9.35. The molecular weight excluding hydrogens is 446 g/mol. The summed E-state index contributed by atoms with van der Waals surface area (Å²) >= 11 is 0. The molecule has 2 aliphatic rings. The predicted molar refractivity (Wildman–Crippen MR) is 127 cm³/mol. The Morgan fingerprint density at radius 2 is 1.89 bits per heavy atom. The van der Waals surface area contributed by atoms with Crippen molar-refractivity contribution in [1.29, 1.82) is 5.26 Å². The minimum absolute atomic E-state index is 0.193. The fraction of sp³-hybridized carbons (Fsp3) is 0.393. The standard InChI is InChI=1S/C28H29NO6/c1-28(2)22(14-15-24(30)35-25-13-6-7-16-32-25)26(28)27(31)34-23(18-29)19-9-8-12-21(17-19)33-20-10-4-3-5-11-20/h3-5,8-12,14-15,17,22-23,25-26H,6-7,13,16H2,1-2H3/t22-,23?,25?,26-/m0/s1. The minimum Gasteiger partial charge on any atom is -0.457 e. The van der Waals surface area contributed by atoms with E-state index < -0.39 is 35.7 Å². The Bertz CT molecular complexity index is 1110. The first kappa shape index (κ1) is 24.5. The number of hydrogen-bond acceptors (Lipinski definition) is 7. The zero-order valence-corrected chi connectivity index (χ0v) is 19.9. The van der Waals surface area contributed by atoms with Crippen molar-refractivity contribution in [2.75, 3.05) is 6.61 Å². The molecule has 1 saturated heterocycles. The van der Waals surface area contributed by atoms with Crippen LogP contribution in [0.15, 0.2) is 66.7 Å². The molecule has 1 heterocycles. The van der Waals surface area contributed by atoms with Crippen LogP contribution in [-0.2, 0) is 23.8 Å². The smallest absolute Gasteiger partial charge is 0.332 e. The van der Waals surface area contributed by atoms with Crippen LogP contribution in [0.3, 0.4) is 0 Å². The van der Waals surface area contributed by atoms with Crippen molar-refractivity contribution in [3.05, 3.63) is 72.3 Å². The van der Waals surface area contributed by atoms with Gasteiger partial charge in [-0.25, -0.2) is 4.79 Å². The monoisotopic (exact) mass is 475 g/mol. The lowest BCUT2D eigenvalue weighted by molar-refractivity contribution is -0.181. The van der Waals surface area contributed by atoms with Crippen molar-refractivity contribution in [2.45, 2.75) is 45.5 Å². The number of hydrogen-bond donors (Lipinski definition) is 0. The molecule has 7 heteroatoms. The van der Waals surface area contributed by atoms with E-state index in [1.54, 1.807) is 30.3 Å². The number of rotatable bonds is 8. The van der Waals surface area contributed by atoms with Gasteiger partial charge in [0.05, 0.1) is 12.5 Å². The maximum Gasteiger partial charge on any atom is 0.332 e. The van der Waals surface area contributed by atoms with Gasteiger partial charge in [-0.2, -0.15) is 5.26 Å². The summed E-state index contributed by atoms with van der Waals surface area (Å²) in [5, 5.41) is 9.68. The molecule has 2 unspecified atom stereocenters. The molecule has 1 aliphatic heterocycles. The molecule has 7 nitrogen and oxygen atoms in total. The first-order valence-electron chi connectivity index (χ1n) is 11.8. The molecule has 0 aromatic heterocycles. The maximum atomic E-state index is 12.9. The highest BCUT2D eigenvalue weighted by Crippen LogP contribution is 2.59. The summed E-state index contributed by atoms with van der Waals surface area (Å²) in [7, 11) is 0. The third-order valence-electron chi connectivity index (χ3n) is 6.48. The molecule has 4 atom stereocenters. The summed E-state index contributed by atoms with van der Waals surface area (Å²) in [5.41, 5.74) is 0.129. The Balaban J connectivity index is 1.36. The summed E-state index contributed by atoms with van der Waals surface area (Å²) in [5.74, 6) is -0.415. The van der Waals surface area contributed by atoms with Crippen LogP contribution < -0.4 is 4.74 Å². The van der Waals surface area contributed by atoms with Gasteiger partial charge in [-0.1, -0.05) is 50.3 Å². The highest BCUT2D eigenvalue weighted by molar-refractivity contribution is 5.83. The van der Waals surface area contributed by atoms with E-state index in [-0.39, 0.29) is 5.92 Å². The Morgan fingerprint density at radius 3 is 2.60 bits per heavy atom. The molecule has 1 aliphatic carbocycles. The van der Waals surface area contributed by atoms with Crippen molar-refractivity contribution >= 4 is 11.9 Å². The molecular formula is C28H29NO6. The van der Waals surface area contributed by atoms with E-state index in [4.69, 9.17) is 18.9 Å². The first-order chi connectivity index (χ1) is 16.9. The molecule has 2 aromatic carbocycles. The normalized spacial score (nSPS) is 23.6. The largest absolute Gasteiger partial charge is 0.457 e. The van der Waals surface area contributed by atoms with Crippen LogP contribution in [-0.4, -0.2) is 24.8 Å². The molecule has 2 aromatic rings. The molecule has 0 radical (unpaired) electrons. The SMILES string of the molecule is CC1(C)[C@H](C(=O)OC(C#N)c2cccc(Oc3ccccc3)c2)[C@@H]1C=CC(=O)OC1CCCCO1. The molecule has 1 saturated carbocycles. The van der Waals surface area contributed by atoms with Crippen molar-refractivity contribution < 1.29 is 28.5 Å². The molecule has 182 valence electrons. The molecule has 0 spiro atoms. The fourth-order valence-corrected chi connectivity index (χ4v) is 4.37.